The average Bonchev–Trinajstić information content (AvgIpc) is 2.97. The SMILES string of the molecule is Cc1noc(C)c1S(=O)(=O)N1CCC(C(=O)Nc2c(F)cccc2F)CC1. The molecule has 27 heavy (non-hydrogen) atoms. The van der Waals surface area contributed by atoms with Crippen LogP contribution in [0.15, 0.2) is 27.6 Å². The molecule has 1 aromatic carbocycles. The Hall–Kier alpha value is -2.33. The number of para-hydroxylation sites is 1. The van der Waals surface area contributed by atoms with Gasteiger partial charge >= 0.3 is 0 Å². The van der Waals surface area contributed by atoms with Crippen molar-refractivity contribution in [3.63, 3.8) is 0 Å². The number of hydrogen-bond donors (Lipinski definition) is 1. The van der Waals surface area contributed by atoms with E-state index >= 15 is 0 Å². The molecule has 0 aliphatic carbocycles. The van der Waals surface area contributed by atoms with Crippen molar-refractivity contribution in [1.82, 2.24) is 9.46 Å². The van der Waals surface area contributed by atoms with Gasteiger partial charge in [0.25, 0.3) is 0 Å². The number of amides is 1. The van der Waals surface area contributed by atoms with Crippen molar-refractivity contribution in [3.05, 3.63) is 41.3 Å². The van der Waals surface area contributed by atoms with Crippen LogP contribution in [0.25, 0.3) is 0 Å². The van der Waals surface area contributed by atoms with Crippen LogP contribution in [0, 0.1) is 31.4 Å². The molecule has 10 heteroatoms. The molecule has 1 aliphatic rings. The zero-order valence-electron chi connectivity index (χ0n) is 14.8. The number of nitrogens with zero attached hydrogens (tertiary/aromatic N) is 2. The van der Waals surface area contributed by atoms with Gasteiger partial charge in [0.05, 0.1) is 0 Å². The van der Waals surface area contributed by atoms with Gasteiger partial charge in [-0.3, -0.25) is 4.79 Å². The molecule has 0 unspecified atom stereocenters. The molecule has 1 fully saturated rings. The fourth-order valence-corrected chi connectivity index (χ4v) is 4.93. The van der Waals surface area contributed by atoms with Gasteiger partial charge in [-0.1, -0.05) is 11.2 Å². The van der Waals surface area contributed by atoms with Gasteiger partial charge in [-0.2, -0.15) is 4.31 Å². The van der Waals surface area contributed by atoms with Gasteiger partial charge in [0.2, 0.25) is 15.9 Å². The van der Waals surface area contributed by atoms with Crippen molar-refractivity contribution in [2.24, 2.45) is 5.92 Å². The Morgan fingerprint density at radius 1 is 1.22 bits per heavy atom. The van der Waals surface area contributed by atoms with E-state index in [1.807, 2.05) is 0 Å². The van der Waals surface area contributed by atoms with E-state index in [2.05, 4.69) is 10.5 Å². The van der Waals surface area contributed by atoms with Gasteiger partial charge in [0.15, 0.2) is 5.76 Å². The molecule has 0 bridgehead atoms. The largest absolute Gasteiger partial charge is 0.360 e. The van der Waals surface area contributed by atoms with E-state index in [4.69, 9.17) is 4.52 Å². The molecule has 1 amide bonds. The molecular formula is C17H19F2N3O4S. The molecule has 0 radical (unpaired) electrons. The third-order valence-electron chi connectivity index (χ3n) is 4.60. The Morgan fingerprint density at radius 2 is 1.81 bits per heavy atom. The first-order chi connectivity index (χ1) is 12.7. The van der Waals surface area contributed by atoms with Crippen LogP contribution >= 0.6 is 0 Å². The first kappa shape index (κ1) is 19.4. The summed E-state index contributed by atoms with van der Waals surface area (Å²) in [5, 5.41) is 5.93. The molecule has 0 atom stereocenters. The van der Waals surface area contributed by atoms with E-state index in [0.29, 0.717) is 0 Å². The number of piperidine rings is 1. The number of carbonyl (C=O) groups excluding carboxylic acids is 1. The summed E-state index contributed by atoms with van der Waals surface area (Å²) < 4.78 is 59.1. The smallest absolute Gasteiger partial charge is 0.248 e. The first-order valence-electron chi connectivity index (χ1n) is 8.39. The van der Waals surface area contributed by atoms with Gasteiger partial charge < -0.3 is 9.84 Å². The maximum absolute atomic E-state index is 13.7. The maximum Gasteiger partial charge on any atom is 0.248 e. The lowest BCUT2D eigenvalue weighted by molar-refractivity contribution is -0.121. The van der Waals surface area contributed by atoms with Crippen molar-refractivity contribution in [1.29, 1.82) is 0 Å². The van der Waals surface area contributed by atoms with E-state index in [1.54, 1.807) is 6.92 Å². The molecule has 1 aliphatic heterocycles. The molecular weight excluding hydrogens is 380 g/mol. The van der Waals surface area contributed by atoms with Gasteiger partial charge in [-0.25, -0.2) is 17.2 Å². The summed E-state index contributed by atoms with van der Waals surface area (Å²) >= 11 is 0. The quantitative estimate of drug-likeness (QED) is 0.853. The predicted molar refractivity (Wildman–Crippen MR) is 92.4 cm³/mol. The summed E-state index contributed by atoms with van der Waals surface area (Å²) in [6, 6.07) is 3.31. The lowest BCUT2D eigenvalue weighted by Crippen LogP contribution is -2.41. The lowest BCUT2D eigenvalue weighted by Gasteiger charge is -2.30. The highest BCUT2D eigenvalue weighted by atomic mass is 32.2. The average molecular weight is 399 g/mol. The van der Waals surface area contributed by atoms with Gasteiger partial charge in [0, 0.05) is 19.0 Å². The number of rotatable bonds is 4. The minimum atomic E-state index is -3.78. The predicted octanol–water partition coefficient (Wildman–Crippen LogP) is 2.61. The number of hydrogen-bond acceptors (Lipinski definition) is 5. The second-order valence-electron chi connectivity index (χ2n) is 6.42. The van der Waals surface area contributed by atoms with Crippen molar-refractivity contribution in [3.8, 4) is 0 Å². The summed E-state index contributed by atoms with van der Waals surface area (Å²) in [5.41, 5.74) is -0.212. The number of halogens is 2. The molecule has 0 spiro atoms. The summed E-state index contributed by atoms with van der Waals surface area (Å²) in [6.07, 6.45) is 0.481. The van der Waals surface area contributed by atoms with E-state index in [0.717, 1.165) is 12.1 Å². The molecule has 7 nitrogen and oxygen atoms in total. The van der Waals surface area contributed by atoms with E-state index < -0.39 is 39.2 Å². The Labute approximate surface area is 155 Å². The number of carbonyl (C=O) groups is 1. The third kappa shape index (κ3) is 3.72. The highest BCUT2D eigenvalue weighted by Gasteiger charge is 2.35. The maximum atomic E-state index is 13.7. The van der Waals surface area contributed by atoms with Crippen molar-refractivity contribution in [2.45, 2.75) is 31.6 Å². The zero-order chi connectivity index (χ0) is 19.8. The third-order valence-corrected chi connectivity index (χ3v) is 6.75. The van der Waals surface area contributed by atoms with Crippen LogP contribution in [-0.2, 0) is 14.8 Å². The summed E-state index contributed by atoms with van der Waals surface area (Å²) in [6.45, 7) is 3.30. The van der Waals surface area contributed by atoms with E-state index in [9.17, 15) is 22.0 Å². The fraction of sp³-hybridized carbons (Fsp3) is 0.412. The Balaban J connectivity index is 1.68. The van der Waals surface area contributed by atoms with Crippen molar-refractivity contribution in [2.75, 3.05) is 18.4 Å². The van der Waals surface area contributed by atoms with Gasteiger partial charge in [0.1, 0.15) is 27.9 Å². The fourth-order valence-electron chi connectivity index (χ4n) is 3.17. The number of sulfonamides is 1. The van der Waals surface area contributed by atoms with E-state index in [1.165, 1.54) is 17.3 Å². The van der Waals surface area contributed by atoms with Crippen LogP contribution in [0.2, 0.25) is 0 Å². The molecule has 1 saturated heterocycles. The monoisotopic (exact) mass is 399 g/mol. The first-order valence-corrected chi connectivity index (χ1v) is 9.83. The molecule has 0 saturated carbocycles. The molecule has 3 rings (SSSR count). The summed E-state index contributed by atoms with van der Waals surface area (Å²) in [5.74, 6) is -2.58. The minimum Gasteiger partial charge on any atom is -0.360 e. The van der Waals surface area contributed by atoms with Crippen molar-refractivity contribution >= 4 is 21.6 Å². The number of aryl methyl sites for hydroxylation is 2. The Kier molecular flexibility index (Phi) is 5.29. The molecule has 2 heterocycles. The topological polar surface area (TPSA) is 92.5 Å². The van der Waals surface area contributed by atoms with Gasteiger partial charge in [-0.05, 0) is 38.8 Å². The normalized spacial score (nSPS) is 16.4. The van der Waals surface area contributed by atoms with Crippen LogP contribution in [0.5, 0.6) is 0 Å². The van der Waals surface area contributed by atoms with Crippen LogP contribution in [0.1, 0.15) is 24.3 Å². The summed E-state index contributed by atoms with van der Waals surface area (Å²) in [7, 11) is -3.78. The minimum absolute atomic E-state index is 0.0406. The second kappa shape index (κ2) is 7.35. The molecule has 2 aromatic rings. The zero-order valence-corrected chi connectivity index (χ0v) is 15.6. The number of nitrogens with one attached hydrogen (secondary N) is 1. The van der Waals surface area contributed by atoms with Gasteiger partial charge in [-0.15, -0.1) is 0 Å². The molecule has 1 N–H and O–H groups in total. The second-order valence-corrected chi connectivity index (χ2v) is 8.29. The lowest BCUT2D eigenvalue weighted by atomic mass is 9.97. The standard InChI is InChI=1S/C17H19F2N3O4S/c1-10-16(11(2)26-21-10)27(24,25)22-8-6-12(7-9-22)17(23)20-15-13(18)4-3-5-14(15)19/h3-5,12H,6-9H2,1-2H3,(H,20,23). The highest BCUT2D eigenvalue weighted by molar-refractivity contribution is 7.89. The summed E-state index contributed by atoms with van der Waals surface area (Å²) in [4.78, 5) is 12.4. The van der Waals surface area contributed by atoms with Crippen LogP contribution in [0.3, 0.4) is 0 Å². The number of aromatic nitrogens is 1. The van der Waals surface area contributed by atoms with Crippen molar-refractivity contribution < 1.29 is 26.5 Å². The number of benzene rings is 1. The van der Waals surface area contributed by atoms with Crippen LogP contribution < -0.4 is 5.32 Å². The number of anilines is 1. The molecule has 1 aromatic heterocycles. The highest BCUT2D eigenvalue weighted by Crippen LogP contribution is 2.28. The van der Waals surface area contributed by atoms with Crippen LogP contribution in [-0.4, -0.2) is 36.9 Å². The van der Waals surface area contributed by atoms with E-state index in [-0.39, 0.29) is 42.3 Å². The van der Waals surface area contributed by atoms with Crippen LogP contribution in [0.4, 0.5) is 14.5 Å². The Morgan fingerprint density at radius 3 is 2.33 bits per heavy atom. The molecule has 146 valence electrons. The Bertz CT molecular complexity index is 927.